The quantitative estimate of drug-likeness (QED) is 0.485. The average Bonchev–Trinajstić information content (AvgIpc) is 3.19. The molecule has 6 nitrogen and oxygen atoms in total. The molecule has 2 amide bonds. The average molecular weight is 496 g/mol. The Bertz CT molecular complexity index is 1220. The van der Waals surface area contributed by atoms with Crippen molar-refractivity contribution in [1.29, 1.82) is 0 Å². The lowest BCUT2D eigenvalue weighted by molar-refractivity contribution is -0.170. The highest BCUT2D eigenvalue weighted by Gasteiger charge is 2.38. The summed E-state index contributed by atoms with van der Waals surface area (Å²) >= 11 is 0. The third kappa shape index (κ3) is 5.73. The standard InChI is InChI=1S/C27H23F3N2O4/c28-27(29,30)24(33)15-31-25(34)23(14-17-8-2-1-3-9-17)32-26(35)36-16-22-20-12-6-4-10-18(20)19-11-5-7-13-21(19)22/h1-13,22-23H,14-16H2,(H,31,34)(H,32,35)/t23-/m0/s1. The third-order valence-corrected chi connectivity index (χ3v) is 5.97. The largest absolute Gasteiger partial charge is 0.451 e. The van der Waals surface area contributed by atoms with Crippen molar-refractivity contribution >= 4 is 17.8 Å². The number of nitrogens with one attached hydrogen (secondary N) is 2. The van der Waals surface area contributed by atoms with E-state index >= 15 is 0 Å². The maximum Gasteiger partial charge on any atom is 0.451 e. The predicted octanol–water partition coefficient (Wildman–Crippen LogP) is 4.38. The Morgan fingerprint density at radius 2 is 1.39 bits per heavy atom. The van der Waals surface area contributed by atoms with Gasteiger partial charge in [-0.15, -0.1) is 0 Å². The SMILES string of the molecule is O=C(N[C@@H](Cc1ccccc1)C(=O)NCC(=O)C(F)(F)F)OCC1c2ccccc2-c2ccccc21. The van der Waals surface area contributed by atoms with E-state index in [4.69, 9.17) is 4.74 Å². The number of rotatable bonds is 8. The van der Waals surface area contributed by atoms with E-state index in [0.717, 1.165) is 22.3 Å². The van der Waals surface area contributed by atoms with Gasteiger partial charge in [0.2, 0.25) is 5.91 Å². The van der Waals surface area contributed by atoms with Gasteiger partial charge in [-0.25, -0.2) is 4.79 Å². The molecule has 1 atom stereocenters. The number of hydrogen-bond acceptors (Lipinski definition) is 4. The van der Waals surface area contributed by atoms with Crippen molar-refractivity contribution in [3.05, 3.63) is 95.6 Å². The summed E-state index contributed by atoms with van der Waals surface area (Å²) in [5.74, 6) is -3.21. The Morgan fingerprint density at radius 3 is 1.97 bits per heavy atom. The Morgan fingerprint density at radius 1 is 0.833 bits per heavy atom. The van der Waals surface area contributed by atoms with Crippen LogP contribution in [0.5, 0.6) is 0 Å². The number of ether oxygens (including phenoxy) is 1. The molecule has 2 N–H and O–H groups in total. The van der Waals surface area contributed by atoms with Crippen LogP contribution in [0.3, 0.4) is 0 Å². The van der Waals surface area contributed by atoms with Gasteiger partial charge in [0.15, 0.2) is 0 Å². The number of ketones is 1. The first-order valence-electron chi connectivity index (χ1n) is 11.3. The van der Waals surface area contributed by atoms with Crippen LogP contribution >= 0.6 is 0 Å². The molecule has 0 aliphatic heterocycles. The van der Waals surface area contributed by atoms with Crippen molar-refractivity contribution in [2.24, 2.45) is 0 Å². The number of halogens is 3. The zero-order valence-corrected chi connectivity index (χ0v) is 19.0. The summed E-state index contributed by atoms with van der Waals surface area (Å²) in [6.45, 7) is -1.22. The van der Waals surface area contributed by atoms with Gasteiger partial charge in [-0.3, -0.25) is 9.59 Å². The molecule has 4 rings (SSSR count). The number of hydrogen-bond donors (Lipinski definition) is 2. The van der Waals surface area contributed by atoms with Gasteiger partial charge >= 0.3 is 12.3 Å². The van der Waals surface area contributed by atoms with E-state index in [1.165, 1.54) is 0 Å². The molecule has 0 aromatic heterocycles. The molecule has 0 unspecified atom stereocenters. The number of amides is 2. The molecular weight excluding hydrogens is 473 g/mol. The number of fused-ring (bicyclic) bond motifs is 3. The Balaban J connectivity index is 1.43. The topological polar surface area (TPSA) is 84.5 Å². The van der Waals surface area contributed by atoms with Crippen molar-refractivity contribution in [2.45, 2.75) is 24.6 Å². The van der Waals surface area contributed by atoms with Gasteiger partial charge in [0.25, 0.3) is 5.78 Å². The summed E-state index contributed by atoms with van der Waals surface area (Å²) < 4.78 is 43.0. The Labute approximate surface area is 205 Å². The lowest BCUT2D eigenvalue weighted by atomic mass is 9.98. The van der Waals surface area contributed by atoms with Gasteiger partial charge in [-0.1, -0.05) is 78.9 Å². The number of carbonyl (C=O) groups excluding carboxylic acids is 3. The molecule has 1 aliphatic rings. The molecule has 3 aromatic rings. The smallest absolute Gasteiger partial charge is 0.449 e. The van der Waals surface area contributed by atoms with E-state index in [2.05, 4.69) is 5.32 Å². The zero-order chi connectivity index (χ0) is 25.7. The number of carbonyl (C=O) groups is 3. The molecule has 186 valence electrons. The maximum atomic E-state index is 12.7. The molecule has 0 heterocycles. The van der Waals surface area contributed by atoms with Gasteiger partial charge < -0.3 is 15.4 Å². The van der Waals surface area contributed by atoms with Gasteiger partial charge in [-0.05, 0) is 27.8 Å². The molecular formula is C27H23F3N2O4. The molecule has 0 bridgehead atoms. The predicted molar refractivity (Wildman–Crippen MR) is 126 cm³/mol. The summed E-state index contributed by atoms with van der Waals surface area (Å²) in [5.41, 5.74) is 4.79. The van der Waals surface area contributed by atoms with Crippen LogP contribution in [0.1, 0.15) is 22.6 Å². The summed E-state index contributed by atoms with van der Waals surface area (Å²) in [4.78, 5) is 36.4. The van der Waals surface area contributed by atoms with Gasteiger partial charge in [-0.2, -0.15) is 13.2 Å². The van der Waals surface area contributed by atoms with E-state index in [0.29, 0.717) is 5.56 Å². The van der Waals surface area contributed by atoms with Crippen LogP contribution in [0.15, 0.2) is 78.9 Å². The van der Waals surface area contributed by atoms with Crippen LogP contribution in [0.4, 0.5) is 18.0 Å². The minimum atomic E-state index is -5.07. The number of alkyl halides is 3. The van der Waals surface area contributed by atoms with E-state index in [1.54, 1.807) is 30.3 Å². The summed E-state index contributed by atoms with van der Waals surface area (Å²) in [6, 6.07) is 23.0. The fourth-order valence-electron chi connectivity index (χ4n) is 4.23. The van der Waals surface area contributed by atoms with Crippen molar-refractivity contribution in [1.82, 2.24) is 10.6 Å². The minimum Gasteiger partial charge on any atom is -0.449 e. The van der Waals surface area contributed by atoms with Gasteiger partial charge in [0.05, 0.1) is 6.54 Å². The van der Waals surface area contributed by atoms with E-state index < -0.39 is 36.5 Å². The summed E-state index contributed by atoms with van der Waals surface area (Å²) in [6.07, 6.45) is -5.96. The van der Waals surface area contributed by atoms with Crippen molar-refractivity contribution in [3.8, 4) is 11.1 Å². The fourth-order valence-corrected chi connectivity index (χ4v) is 4.23. The van der Waals surface area contributed by atoms with Crippen LogP contribution in [0.25, 0.3) is 11.1 Å². The number of Topliss-reactive ketones (excluding diaryl/α,β-unsaturated/α-hetero) is 1. The first-order valence-corrected chi connectivity index (χ1v) is 11.3. The molecule has 1 aliphatic carbocycles. The molecule has 0 fully saturated rings. The third-order valence-electron chi connectivity index (χ3n) is 5.97. The van der Waals surface area contributed by atoms with E-state index in [9.17, 15) is 27.6 Å². The van der Waals surface area contributed by atoms with Crippen molar-refractivity contribution in [3.63, 3.8) is 0 Å². The molecule has 0 saturated carbocycles. The first kappa shape index (κ1) is 25.0. The highest BCUT2D eigenvalue weighted by atomic mass is 19.4. The second-order valence-electron chi connectivity index (χ2n) is 8.35. The normalized spacial score (nSPS) is 13.3. The second kappa shape index (κ2) is 10.6. The molecule has 3 aromatic carbocycles. The monoisotopic (exact) mass is 496 g/mol. The van der Waals surface area contributed by atoms with E-state index in [-0.39, 0.29) is 18.9 Å². The number of alkyl carbamates (subject to hydrolysis) is 1. The maximum absolute atomic E-state index is 12.7. The van der Waals surface area contributed by atoms with Crippen LogP contribution in [-0.4, -0.2) is 43.2 Å². The first-order chi connectivity index (χ1) is 17.2. The minimum absolute atomic E-state index is 0.00290. The lowest BCUT2D eigenvalue weighted by Gasteiger charge is -2.20. The molecule has 9 heteroatoms. The lowest BCUT2D eigenvalue weighted by Crippen LogP contribution is -2.50. The van der Waals surface area contributed by atoms with Crippen LogP contribution in [0, 0.1) is 0 Å². The van der Waals surface area contributed by atoms with Crippen LogP contribution < -0.4 is 10.6 Å². The molecule has 0 radical (unpaired) electrons. The highest BCUT2D eigenvalue weighted by Crippen LogP contribution is 2.44. The fraction of sp³-hybridized carbons (Fsp3) is 0.222. The Hall–Kier alpha value is -4.14. The molecule has 0 saturated heterocycles. The van der Waals surface area contributed by atoms with Crippen LogP contribution in [0.2, 0.25) is 0 Å². The number of benzene rings is 3. The van der Waals surface area contributed by atoms with E-state index in [1.807, 2.05) is 53.8 Å². The second-order valence-corrected chi connectivity index (χ2v) is 8.35. The highest BCUT2D eigenvalue weighted by molar-refractivity contribution is 5.92. The summed E-state index contributed by atoms with van der Waals surface area (Å²) in [5, 5.41) is 4.39. The van der Waals surface area contributed by atoms with Crippen molar-refractivity contribution in [2.75, 3.05) is 13.2 Å². The van der Waals surface area contributed by atoms with Crippen molar-refractivity contribution < 1.29 is 32.3 Å². The van der Waals surface area contributed by atoms with Gasteiger partial charge in [0.1, 0.15) is 12.6 Å². The molecule has 0 spiro atoms. The zero-order valence-electron chi connectivity index (χ0n) is 19.0. The summed E-state index contributed by atoms with van der Waals surface area (Å²) in [7, 11) is 0. The van der Waals surface area contributed by atoms with Crippen LogP contribution in [-0.2, 0) is 20.7 Å². The molecule has 36 heavy (non-hydrogen) atoms. The Kier molecular flexibility index (Phi) is 7.38. The van der Waals surface area contributed by atoms with Gasteiger partial charge in [0, 0.05) is 12.3 Å².